The van der Waals surface area contributed by atoms with Gasteiger partial charge in [0.05, 0.1) is 23.3 Å². The number of anilines is 1. The zero-order chi connectivity index (χ0) is 21.4. The van der Waals surface area contributed by atoms with Crippen molar-refractivity contribution in [3.05, 3.63) is 47.4 Å². The van der Waals surface area contributed by atoms with Crippen molar-refractivity contribution in [3.63, 3.8) is 0 Å². The molecule has 0 bridgehead atoms. The summed E-state index contributed by atoms with van der Waals surface area (Å²) in [7, 11) is 2.12. The third-order valence-corrected chi connectivity index (χ3v) is 6.39. The van der Waals surface area contributed by atoms with E-state index >= 15 is 0 Å². The number of fused-ring (bicyclic) bond motifs is 1. The van der Waals surface area contributed by atoms with E-state index in [4.69, 9.17) is 0 Å². The first-order valence-corrected chi connectivity index (χ1v) is 11.0. The molecular formula is C21H22N8OS. The predicted molar refractivity (Wildman–Crippen MR) is 119 cm³/mol. The average Bonchev–Trinajstić information content (AvgIpc) is 3.43. The molecule has 1 amide bonds. The van der Waals surface area contributed by atoms with Crippen molar-refractivity contribution in [1.29, 1.82) is 0 Å². The lowest BCUT2D eigenvalue weighted by Gasteiger charge is -2.28. The van der Waals surface area contributed by atoms with Gasteiger partial charge in [0.1, 0.15) is 10.0 Å². The quantitative estimate of drug-likeness (QED) is 0.526. The van der Waals surface area contributed by atoms with Gasteiger partial charge in [-0.15, -0.1) is 10.2 Å². The van der Waals surface area contributed by atoms with Crippen LogP contribution in [0.15, 0.2) is 36.8 Å². The molecule has 0 saturated carbocycles. The topological polar surface area (TPSA) is 102 Å². The summed E-state index contributed by atoms with van der Waals surface area (Å²) in [5, 5.41) is 18.1. The molecule has 4 heterocycles. The van der Waals surface area contributed by atoms with Crippen LogP contribution in [-0.2, 0) is 0 Å². The van der Waals surface area contributed by atoms with E-state index in [1.807, 2.05) is 36.0 Å². The van der Waals surface area contributed by atoms with Crippen LogP contribution in [0.1, 0.15) is 34.2 Å². The maximum Gasteiger partial charge on any atom is 0.261 e. The first kappa shape index (κ1) is 19.7. The van der Waals surface area contributed by atoms with E-state index in [0.29, 0.717) is 11.6 Å². The van der Waals surface area contributed by atoms with E-state index in [-0.39, 0.29) is 11.9 Å². The van der Waals surface area contributed by atoms with Crippen LogP contribution in [0.2, 0.25) is 0 Å². The second-order valence-electron chi connectivity index (χ2n) is 7.79. The minimum atomic E-state index is -0.269. The molecule has 0 aliphatic carbocycles. The van der Waals surface area contributed by atoms with E-state index in [1.165, 1.54) is 11.3 Å². The van der Waals surface area contributed by atoms with E-state index in [0.717, 1.165) is 52.4 Å². The Kier molecular flexibility index (Phi) is 5.16. The SMILES string of the molecule is Cc1nnc(-c2ccc3cnc(NC(=O)c4cnn(C5CCN(C)CC5)c4)nc3c2)s1. The maximum absolute atomic E-state index is 12.7. The molecule has 31 heavy (non-hydrogen) atoms. The van der Waals surface area contributed by atoms with Crippen LogP contribution < -0.4 is 5.32 Å². The Morgan fingerprint density at radius 2 is 2.03 bits per heavy atom. The van der Waals surface area contributed by atoms with Crippen LogP contribution in [0.5, 0.6) is 0 Å². The van der Waals surface area contributed by atoms with Crippen molar-refractivity contribution in [3.8, 4) is 10.6 Å². The highest BCUT2D eigenvalue weighted by Crippen LogP contribution is 2.26. The van der Waals surface area contributed by atoms with Crippen molar-refractivity contribution in [2.24, 2.45) is 0 Å². The fraction of sp³-hybridized carbons (Fsp3) is 0.333. The molecule has 4 aromatic rings. The number of amides is 1. The third-order valence-electron chi connectivity index (χ3n) is 5.51. The van der Waals surface area contributed by atoms with Gasteiger partial charge in [-0.25, -0.2) is 9.97 Å². The Balaban J connectivity index is 1.33. The molecule has 9 nitrogen and oxygen atoms in total. The number of carbonyl (C=O) groups is 1. The molecule has 0 spiro atoms. The summed E-state index contributed by atoms with van der Waals surface area (Å²) in [6, 6.07) is 6.18. The number of nitrogens with one attached hydrogen (secondary N) is 1. The molecule has 1 fully saturated rings. The molecule has 1 aromatic carbocycles. The molecule has 0 unspecified atom stereocenters. The van der Waals surface area contributed by atoms with E-state index in [9.17, 15) is 4.79 Å². The Labute approximate surface area is 183 Å². The van der Waals surface area contributed by atoms with Crippen LogP contribution >= 0.6 is 11.3 Å². The highest BCUT2D eigenvalue weighted by Gasteiger charge is 2.20. The van der Waals surface area contributed by atoms with Gasteiger partial charge < -0.3 is 4.90 Å². The minimum absolute atomic E-state index is 0.259. The van der Waals surface area contributed by atoms with Gasteiger partial charge in [0.2, 0.25) is 5.95 Å². The summed E-state index contributed by atoms with van der Waals surface area (Å²) in [5.74, 6) is -0.00966. The number of carbonyl (C=O) groups excluding carboxylic acids is 1. The normalized spacial score (nSPS) is 15.4. The van der Waals surface area contributed by atoms with Gasteiger partial charge >= 0.3 is 0 Å². The van der Waals surface area contributed by atoms with Crippen molar-refractivity contribution < 1.29 is 4.79 Å². The Hall–Kier alpha value is -3.24. The molecule has 0 atom stereocenters. The number of aromatic nitrogens is 6. The number of hydrogen-bond donors (Lipinski definition) is 1. The van der Waals surface area contributed by atoms with Crippen LogP contribution in [0, 0.1) is 6.92 Å². The largest absolute Gasteiger partial charge is 0.306 e. The molecule has 1 N–H and O–H groups in total. The second-order valence-corrected chi connectivity index (χ2v) is 8.97. The Morgan fingerprint density at radius 1 is 1.19 bits per heavy atom. The lowest BCUT2D eigenvalue weighted by Crippen LogP contribution is -2.31. The number of aryl methyl sites for hydroxylation is 1. The fourth-order valence-electron chi connectivity index (χ4n) is 3.72. The van der Waals surface area contributed by atoms with Crippen molar-refractivity contribution >= 4 is 34.1 Å². The smallest absolute Gasteiger partial charge is 0.261 e. The predicted octanol–water partition coefficient (Wildman–Crippen LogP) is 3.17. The molecule has 158 valence electrons. The summed E-state index contributed by atoms with van der Waals surface area (Å²) in [6.07, 6.45) is 7.18. The van der Waals surface area contributed by atoms with Gasteiger partial charge in [-0.05, 0) is 46.0 Å². The number of piperidine rings is 1. The fourth-order valence-corrected chi connectivity index (χ4v) is 4.41. The Bertz CT molecular complexity index is 1240. The maximum atomic E-state index is 12.7. The molecule has 10 heteroatoms. The first-order chi connectivity index (χ1) is 15.0. The van der Waals surface area contributed by atoms with Gasteiger partial charge in [0, 0.05) is 23.3 Å². The van der Waals surface area contributed by atoms with Gasteiger partial charge in [0.15, 0.2) is 0 Å². The summed E-state index contributed by atoms with van der Waals surface area (Å²) < 4.78 is 1.90. The van der Waals surface area contributed by atoms with Gasteiger partial charge in [-0.3, -0.25) is 14.8 Å². The summed E-state index contributed by atoms with van der Waals surface area (Å²) in [6.45, 7) is 4.00. The lowest BCUT2D eigenvalue weighted by molar-refractivity contribution is 0.102. The molecule has 0 radical (unpaired) electrons. The van der Waals surface area contributed by atoms with E-state index < -0.39 is 0 Å². The number of nitrogens with zero attached hydrogens (tertiary/aromatic N) is 7. The van der Waals surface area contributed by atoms with E-state index in [1.54, 1.807) is 12.4 Å². The van der Waals surface area contributed by atoms with Crippen molar-refractivity contribution in [2.75, 3.05) is 25.5 Å². The van der Waals surface area contributed by atoms with Crippen LogP contribution in [0.25, 0.3) is 21.5 Å². The third kappa shape index (κ3) is 4.17. The molecule has 1 aliphatic rings. The van der Waals surface area contributed by atoms with Gasteiger partial charge in [-0.2, -0.15) is 5.10 Å². The zero-order valence-electron chi connectivity index (χ0n) is 17.3. The van der Waals surface area contributed by atoms with Gasteiger partial charge in [-0.1, -0.05) is 23.5 Å². The second kappa shape index (κ2) is 8.12. The van der Waals surface area contributed by atoms with Crippen LogP contribution in [0.4, 0.5) is 5.95 Å². The van der Waals surface area contributed by atoms with Gasteiger partial charge in [0.25, 0.3) is 5.91 Å². The number of rotatable bonds is 4. The van der Waals surface area contributed by atoms with Crippen molar-refractivity contribution in [2.45, 2.75) is 25.8 Å². The zero-order valence-corrected chi connectivity index (χ0v) is 18.1. The number of benzene rings is 1. The lowest BCUT2D eigenvalue weighted by atomic mass is 10.1. The van der Waals surface area contributed by atoms with Crippen LogP contribution in [-0.4, -0.2) is 60.9 Å². The van der Waals surface area contributed by atoms with Crippen molar-refractivity contribution in [1.82, 2.24) is 34.8 Å². The minimum Gasteiger partial charge on any atom is -0.306 e. The molecule has 1 aliphatic heterocycles. The summed E-state index contributed by atoms with van der Waals surface area (Å²) >= 11 is 1.53. The average molecular weight is 435 g/mol. The monoisotopic (exact) mass is 434 g/mol. The molecule has 5 rings (SSSR count). The molecule has 1 saturated heterocycles. The standard InChI is InChI=1S/C21H22N8OS/c1-13-26-27-20(31-13)14-3-4-15-10-22-21(24-18(15)9-14)25-19(30)16-11-23-29(12-16)17-5-7-28(2)8-6-17/h3-4,9-12,17H,5-8H2,1-2H3,(H,22,24,25,30). The summed E-state index contributed by atoms with van der Waals surface area (Å²) in [5.41, 5.74) is 2.17. The Morgan fingerprint density at radius 3 is 2.81 bits per heavy atom. The summed E-state index contributed by atoms with van der Waals surface area (Å²) in [4.78, 5) is 23.8. The number of hydrogen-bond acceptors (Lipinski definition) is 8. The highest BCUT2D eigenvalue weighted by molar-refractivity contribution is 7.14. The first-order valence-electron chi connectivity index (χ1n) is 10.2. The molecule has 3 aromatic heterocycles. The van der Waals surface area contributed by atoms with E-state index in [2.05, 4.69) is 42.5 Å². The highest BCUT2D eigenvalue weighted by atomic mass is 32.1. The molecular weight excluding hydrogens is 412 g/mol. The van der Waals surface area contributed by atoms with Crippen LogP contribution in [0.3, 0.4) is 0 Å². The number of likely N-dealkylation sites (tertiary alicyclic amines) is 1.